The zero-order chi connectivity index (χ0) is 48.4. The van der Waals surface area contributed by atoms with Crippen molar-refractivity contribution in [1.29, 1.82) is 0 Å². The number of ketones is 1. The van der Waals surface area contributed by atoms with E-state index < -0.39 is 114 Å². The van der Waals surface area contributed by atoms with Gasteiger partial charge in [0.1, 0.15) is 29.7 Å². The first kappa shape index (κ1) is 56.5. The van der Waals surface area contributed by atoms with Gasteiger partial charge in [-0.2, -0.15) is 0 Å². The minimum atomic E-state index is -1.99. The lowest BCUT2D eigenvalue weighted by Crippen LogP contribution is -2.61. The summed E-state index contributed by atoms with van der Waals surface area (Å²) in [6, 6.07) is -0.324. The van der Waals surface area contributed by atoms with E-state index in [1.807, 2.05) is 25.9 Å². The van der Waals surface area contributed by atoms with E-state index in [0.29, 0.717) is 19.3 Å². The van der Waals surface area contributed by atoms with E-state index in [-0.39, 0.29) is 50.2 Å². The lowest BCUT2D eigenvalue weighted by molar-refractivity contribution is -0.318. The number of aliphatic hydroxyl groups excluding tert-OH is 3. The van der Waals surface area contributed by atoms with Crippen LogP contribution in [-0.4, -0.2) is 165 Å². The Morgan fingerprint density at radius 3 is 2.05 bits per heavy atom. The SMILES string of the molecule is C=COC(=O)CCCCC(=O)O.CC[C@H]1OC(=O)[C@H](C)[C@@H](O[C@H]2C[C@@](C)(OC)[C@@H](O)[C@H](C)O2)[C@@H](C)[C@@H](O[C@@H]2O[C@H](C)C[C@H](N(C)C)[C@H]2O)[C@](C)(O)C[C@@H](C)C(=O)[C@H](C)[C@H](O)[C@]1(C)O. The second-order valence-corrected chi connectivity index (χ2v) is 18.7. The van der Waals surface area contributed by atoms with Crippen LogP contribution in [0.1, 0.15) is 121 Å². The fraction of sp³-hybridized carbons (Fsp3) is 0.867. The number of carboxylic acids is 1. The van der Waals surface area contributed by atoms with Gasteiger partial charge in [-0.05, 0) is 87.7 Å². The highest BCUT2D eigenvalue weighted by atomic mass is 16.7. The molecule has 0 spiro atoms. The molecule has 3 fully saturated rings. The van der Waals surface area contributed by atoms with Crippen LogP contribution < -0.4 is 0 Å². The zero-order valence-electron chi connectivity index (χ0n) is 39.7. The van der Waals surface area contributed by atoms with Crippen LogP contribution in [0.25, 0.3) is 0 Å². The molecule has 0 saturated carbocycles. The van der Waals surface area contributed by atoms with Crippen LogP contribution in [0, 0.1) is 23.7 Å². The van der Waals surface area contributed by atoms with Crippen LogP contribution in [0.2, 0.25) is 0 Å². The molecular weight excluding hydrogens is 826 g/mol. The van der Waals surface area contributed by atoms with Crippen molar-refractivity contribution in [2.24, 2.45) is 23.7 Å². The summed E-state index contributed by atoms with van der Waals surface area (Å²) in [5.74, 6) is -6.18. The summed E-state index contributed by atoms with van der Waals surface area (Å²) >= 11 is 0. The molecule has 18 atom stereocenters. The zero-order valence-corrected chi connectivity index (χ0v) is 39.7. The molecule has 3 aliphatic heterocycles. The molecule has 0 aliphatic carbocycles. The number of ether oxygens (including phenoxy) is 7. The van der Waals surface area contributed by atoms with E-state index in [2.05, 4.69) is 11.3 Å². The van der Waals surface area contributed by atoms with Gasteiger partial charge in [0.05, 0.1) is 53.9 Å². The number of likely N-dealkylation sites (N-methyl/N-ethyl adjacent to an activating group) is 1. The maximum absolute atomic E-state index is 14.1. The van der Waals surface area contributed by atoms with Crippen molar-refractivity contribution < 1.29 is 83.0 Å². The normalized spacial score (nSPS) is 42.0. The Morgan fingerprint density at radius 1 is 0.905 bits per heavy atom. The maximum atomic E-state index is 14.1. The monoisotopic (exact) mass is 906 g/mol. The van der Waals surface area contributed by atoms with Crippen molar-refractivity contribution in [2.45, 2.75) is 205 Å². The molecule has 0 bridgehead atoms. The number of hydrogen-bond acceptors (Lipinski definition) is 17. The van der Waals surface area contributed by atoms with Crippen LogP contribution in [0.3, 0.4) is 0 Å². The molecule has 0 aromatic rings. The number of Topliss-reactive ketones (excluding diaryl/α,β-unsaturated/α-hetero) is 1. The summed E-state index contributed by atoms with van der Waals surface area (Å²) in [6.07, 6.45) is -7.25. The van der Waals surface area contributed by atoms with Gasteiger partial charge in [0.2, 0.25) is 0 Å². The average Bonchev–Trinajstić information content (AvgIpc) is 3.20. The van der Waals surface area contributed by atoms with Crippen LogP contribution in [0.5, 0.6) is 0 Å². The number of nitrogens with zero attached hydrogens (tertiary/aromatic N) is 1. The topological polar surface area (TPSA) is 258 Å². The number of hydrogen-bond donors (Lipinski definition) is 6. The largest absolute Gasteiger partial charge is 0.481 e. The standard InChI is InChI=1S/C37H67NO13.C8H12O4/c1-14-25-37(10,45)30(41)20(4)27(39)18(2)16-35(8,44)32(51-34-28(40)24(38(11)12)15-19(3)47-34)21(5)29(22(6)33(43)49-25)50-26-17-36(9,46-13)31(42)23(7)48-26;1-2-12-8(11)6-4-3-5-7(9)10/h18-26,28-32,34,40-42,44-45H,14-17H2,1-13H3;2H,1,3-6H2,(H,9,10)/t18-,19-,20+,21-,22-,23+,24+,25-,26+,28-,29+,30+,31+,32-,34+,35-,36-,37-;/m1./s1. The quantitative estimate of drug-likeness (QED) is 0.0882. The second kappa shape index (κ2) is 24.2. The van der Waals surface area contributed by atoms with E-state index in [4.69, 9.17) is 33.5 Å². The van der Waals surface area contributed by atoms with Gasteiger partial charge in [-0.25, -0.2) is 0 Å². The number of unbranched alkanes of at least 4 members (excludes halogenated alkanes) is 1. The Labute approximate surface area is 373 Å². The molecule has 0 aromatic heterocycles. The lowest BCUT2D eigenvalue weighted by atomic mass is 9.74. The van der Waals surface area contributed by atoms with Gasteiger partial charge >= 0.3 is 17.9 Å². The summed E-state index contributed by atoms with van der Waals surface area (Å²) in [5.41, 5.74) is -4.84. The number of esters is 2. The van der Waals surface area contributed by atoms with Crippen LogP contribution >= 0.6 is 0 Å². The summed E-state index contributed by atoms with van der Waals surface area (Å²) in [7, 11) is 5.18. The van der Waals surface area contributed by atoms with E-state index in [0.717, 1.165) is 6.26 Å². The predicted octanol–water partition coefficient (Wildman–Crippen LogP) is 3.10. The van der Waals surface area contributed by atoms with Crippen molar-refractivity contribution in [3.8, 4) is 0 Å². The van der Waals surface area contributed by atoms with Gasteiger partial charge in [-0.1, -0.05) is 34.3 Å². The summed E-state index contributed by atoms with van der Waals surface area (Å²) in [4.78, 5) is 50.4. The van der Waals surface area contributed by atoms with Gasteiger partial charge in [0.15, 0.2) is 12.6 Å². The van der Waals surface area contributed by atoms with Crippen molar-refractivity contribution in [1.82, 2.24) is 4.90 Å². The summed E-state index contributed by atoms with van der Waals surface area (Å²) < 4.78 is 41.5. The minimum Gasteiger partial charge on any atom is -0.481 e. The van der Waals surface area contributed by atoms with Gasteiger partial charge in [0.25, 0.3) is 0 Å². The second-order valence-electron chi connectivity index (χ2n) is 18.7. The van der Waals surface area contributed by atoms with Crippen LogP contribution in [0.4, 0.5) is 0 Å². The van der Waals surface area contributed by atoms with Gasteiger partial charge in [-0.3, -0.25) is 19.2 Å². The highest BCUT2D eigenvalue weighted by Gasteiger charge is 2.53. The van der Waals surface area contributed by atoms with Crippen molar-refractivity contribution >= 4 is 23.7 Å². The molecule has 3 aliphatic rings. The maximum Gasteiger partial charge on any atom is 0.311 e. The summed E-state index contributed by atoms with van der Waals surface area (Å²) in [6.45, 7) is 19.6. The molecule has 3 rings (SSSR count). The third kappa shape index (κ3) is 14.9. The molecule has 18 heteroatoms. The lowest BCUT2D eigenvalue weighted by Gasteiger charge is -2.49. The first-order chi connectivity index (χ1) is 29.1. The van der Waals surface area contributed by atoms with E-state index >= 15 is 0 Å². The number of carbonyl (C=O) groups is 4. The number of methoxy groups -OCH3 is 1. The first-order valence-electron chi connectivity index (χ1n) is 22.2. The van der Waals surface area contributed by atoms with E-state index in [9.17, 15) is 44.7 Å². The van der Waals surface area contributed by atoms with Crippen molar-refractivity contribution in [2.75, 3.05) is 21.2 Å². The molecule has 3 heterocycles. The molecule has 0 amide bonds. The Bertz CT molecular complexity index is 1490. The molecule has 0 aromatic carbocycles. The van der Waals surface area contributed by atoms with Gasteiger partial charge in [-0.15, -0.1) is 0 Å². The molecular formula is C45H79NO17. The third-order valence-corrected chi connectivity index (χ3v) is 13.1. The molecule has 0 radical (unpaired) electrons. The smallest absolute Gasteiger partial charge is 0.311 e. The number of carbonyl (C=O) groups excluding carboxylic acids is 3. The highest BCUT2D eigenvalue weighted by Crippen LogP contribution is 2.41. The molecule has 0 unspecified atom stereocenters. The fourth-order valence-corrected chi connectivity index (χ4v) is 9.11. The van der Waals surface area contributed by atoms with E-state index in [1.165, 1.54) is 27.9 Å². The Morgan fingerprint density at radius 2 is 1.51 bits per heavy atom. The van der Waals surface area contributed by atoms with E-state index in [1.54, 1.807) is 41.5 Å². The number of aliphatic hydroxyl groups is 5. The summed E-state index contributed by atoms with van der Waals surface area (Å²) in [5, 5.41) is 65.9. The highest BCUT2D eigenvalue weighted by molar-refractivity contribution is 5.83. The van der Waals surface area contributed by atoms with Gasteiger partial charge in [0, 0.05) is 50.2 Å². The molecule has 3 saturated heterocycles. The molecule has 18 nitrogen and oxygen atoms in total. The number of rotatable bonds is 13. The predicted molar refractivity (Wildman–Crippen MR) is 229 cm³/mol. The third-order valence-electron chi connectivity index (χ3n) is 13.1. The van der Waals surface area contributed by atoms with Gasteiger partial charge < -0.3 is 68.7 Å². The van der Waals surface area contributed by atoms with Crippen molar-refractivity contribution in [3.05, 3.63) is 12.8 Å². The van der Waals surface area contributed by atoms with Crippen LogP contribution in [0.15, 0.2) is 12.8 Å². The number of carboxylic acid groups (broad SMARTS) is 1. The fourth-order valence-electron chi connectivity index (χ4n) is 9.11. The molecule has 63 heavy (non-hydrogen) atoms. The average molecular weight is 906 g/mol. The minimum absolute atomic E-state index is 0.0936. The van der Waals surface area contributed by atoms with Crippen LogP contribution in [-0.2, 0) is 52.3 Å². The van der Waals surface area contributed by atoms with Crippen molar-refractivity contribution in [3.63, 3.8) is 0 Å². The number of aliphatic carboxylic acids is 1. The number of cyclic esters (lactones) is 1. The molecule has 366 valence electrons. The first-order valence-corrected chi connectivity index (χ1v) is 22.2. The Hall–Kier alpha value is -2.62. The molecule has 6 N–H and O–H groups in total. The Balaban J connectivity index is 0.000000988. The Kier molecular flexibility index (Phi) is 21.7.